The van der Waals surface area contributed by atoms with Gasteiger partial charge in [-0.15, -0.1) is 0 Å². The first-order valence-corrected chi connectivity index (χ1v) is 8.35. The largest absolute Gasteiger partial charge is 0.308 e. The zero-order valence-electron chi connectivity index (χ0n) is 13.3. The van der Waals surface area contributed by atoms with Gasteiger partial charge in [0.1, 0.15) is 10.3 Å². The van der Waals surface area contributed by atoms with E-state index in [1.807, 2.05) is 0 Å². The van der Waals surface area contributed by atoms with Crippen molar-refractivity contribution in [1.82, 2.24) is 19.8 Å². The molecule has 0 spiro atoms. The second-order valence-corrected chi connectivity index (χ2v) is 7.22. The van der Waals surface area contributed by atoms with Gasteiger partial charge < -0.3 is 9.88 Å². The van der Waals surface area contributed by atoms with Gasteiger partial charge in [-0.05, 0) is 61.9 Å². The normalized spacial score (nSPS) is 21.7. The van der Waals surface area contributed by atoms with Gasteiger partial charge in [0.15, 0.2) is 0 Å². The number of H-pyrrole nitrogens is 1. The second-order valence-electron chi connectivity index (χ2n) is 6.42. The van der Waals surface area contributed by atoms with Gasteiger partial charge in [0.25, 0.3) is 5.56 Å². The zero-order valence-corrected chi connectivity index (χ0v) is 14.9. The monoisotopic (exact) mass is 356 g/mol. The van der Waals surface area contributed by atoms with Gasteiger partial charge in [-0.1, -0.05) is 13.8 Å². The lowest BCUT2D eigenvalue weighted by atomic mass is 10.1. The van der Waals surface area contributed by atoms with Crippen molar-refractivity contribution in [3.8, 4) is 0 Å². The van der Waals surface area contributed by atoms with Crippen molar-refractivity contribution in [2.45, 2.75) is 32.7 Å². The summed E-state index contributed by atoms with van der Waals surface area (Å²) in [6, 6.07) is 0.143. The summed E-state index contributed by atoms with van der Waals surface area (Å²) in [5, 5.41) is 0. The number of nitrogens with zero attached hydrogens (tertiary/aromatic N) is 3. The first kappa shape index (κ1) is 16.6. The van der Waals surface area contributed by atoms with Crippen LogP contribution in [0.15, 0.2) is 9.27 Å². The fraction of sp³-hybridized carbons (Fsp3) is 0.733. The Labute approximate surface area is 134 Å². The number of likely N-dealkylation sites (N-methyl/N-ethyl adjacent to an activating group) is 2. The predicted molar refractivity (Wildman–Crippen MR) is 88.6 cm³/mol. The van der Waals surface area contributed by atoms with E-state index in [9.17, 15) is 4.79 Å². The summed E-state index contributed by atoms with van der Waals surface area (Å²) < 4.78 is 0.574. The maximum Gasteiger partial charge on any atom is 0.265 e. The fourth-order valence-electron chi connectivity index (χ4n) is 2.77. The molecule has 1 aliphatic heterocycles. The van der Waals surface area contributed by atoms with Crippen LogP contribution in [0.25, 0.3) is 0 Å². The van der Waals surface area contributed by atoms with Crippen LogP contribution in [0.3, 0.4) is 0 Å². The standard InChI is InChI=1S/C15H25BrN4O/c1-10(2)8-11-13(16)15(21)18-14(17-11)12-9-19(3)6-5-7-20(12)4/h10,12H,5-9H2,1-4H3,(H,17,18,21). The molecule has 1 aromatic rings. The van der Waals surface area contributed by atoms with E-state index in [0.717, 1.165) is 44.0 Å². The molecule has 1 fully saturated rings. The molecule has 1 atom stereocenters. The molecule has 6 heteroatoms. The Hall–Kier alpha value is -0.720. The first-order valence-electron chi connectivity index (χ1n) is 7.56. The second kappa shape index (κ2) is 7.03. The van der Waals surface area contributed by atoms with Crippen molar-refractivity contribution < 1.29 is 0 Å². The van der Waals surface area contributed by atoms with Crippen LogP contribution in [-0.4, -0.2) is 53.5 Å². The smallest absolute Gasteiger partial charge is 0.265 e. The fourth-order valence-corrected chi connectivity index (χ4v) is 3.12. The number of hydrogen-bond acceptors (Lipinski definition) is 4. The lowest BCUT2D eigenvalue weighted by Crippen LogP contribution is -2.33. The van der Waals surface area contributed by atoms with E-state index in [0.29, 0.717) is 10.4 Å². The molecule has 21 heavy (non-hydrogen) atoms. The van der Waals surface area contributed by atoms with Crippen molar-refractivity contribution in [2.75, 3.05) is 33.7 Å². The Balaban J connectivity index is 2.37. The van der Waals surface area contributed by atoms with Gasteiger partial charge in [-0.2, -0.15) is 0 Å². The van der Waals surface area contributed by atoms with E-state index in [2.05, 4.69) is 58.7 Å². The average Bonchev–Trinajstić information content (AvgIpc) is 2.56. The summed E-state index contributed by atoms with van der Waals surface area (Å²) in [4.78, 5) is 24.5. The minimum Gasteiger partial charge on any atom is -0.308 e. The Morgan fingerprint density at radius 2 is 2.10 bits per heavy atom. The van der Waals surface area contributed by atoms with Gasteiger partial charge in [-0.3, -0.25) is 9.69 Å². The van der Waals surface area contributed by atoms with Crippen LogP contribution in [0.4, 0.5) is 0 Å². The molecule has 2 heterocycles. The van der Waals surface area contributed by atoms with E-state index in [4.69, 9.17) is 4.98 Å². The minimum atomic E-state index is -0.0732. The third-order valence-corrected chi connectivity index (χ3v) is 4.75. The molecule has 2 rings (SSSR count). The third-order valence-electron chi connectivity index (χ3n) is 3.93. The Morgan fingerprint density at radius 3 is 2.76 bits per heavy atom. The number of hydrogen-bond donors (Lipinski definition) is 1. The summed E-state index contributed by atoms with van der Waals surface area (Å²) in [6.07, 6.45) is 1.95. The number of rotatable bonds is 3. The van der Waals surface area contributed by atoms with E-state index < -0.39 is 0 Å². The van der Waals surface area contributed by atoms with Crippen LogP contribution in [0.1, 0.15) is 37.8 Å². The summed E-state index contributed by atoms with van der Waals surface area (Å²) in [5.74, 6) is 1.26. The molecule has 1 saturated heterocycles. The van der Waals surface area contributed by atoms with Crippen molar-refractivity contribution in [2.24, 2.45) is 5.92 Å². The van der Waals surface area contributed by atoms with Crippen molar-refractivity contribution in [3.63, 3.8) is 0 Å². The minimum absolute atomic E-state index is 0.0732. The first-order chi connectivity index (χ1) is 9.88. The third kappa shape index (κ3) is 4.14. The molecule has 1 aromatic heterocycles. The topological polar surface area (TPSA) is 52.2 Å². The maximum atomic E-state index is 12.2. The highest BCUT2D eigenvalue weighted by Crippen LogP contribution is 2.22. The molecule has 0 bridgehead atoms. The van der Waals surface area contributed by atoms with Gasteiger partial charge in [-0.25, -0.2) is 4.98 Å². The summed E-state index contributed by atoms with van der Waals surface area (Å²) in [6.45, 7) is 7.28. The number of aromatic amines is 1. The molecule has 0 aliphatic carbocycles. The van der Waals surface area contributed by atoms with E-state index in [1.54, 1.807) is 0 Å². The quantitative estimate of drug-likeness (QED) is 0.900. The van der Waals surface area contributed by atoms with Crippen LogP contribution in [0.2, 0.25) is 0 Å². The van der Waals surface area contributed by atoms with Crippen molar-refractivity contribution in [1.29, 1.82) is 0 Å². The molecule has 1 unspecified atom stereocenters. The molecular weight excluding hydrogens is 332 g/mol. The molecule has 1 N–H and O–H groups in total. The van der Waals surface area contributed by atoms with Gasteiger partial charge in [0.2, 0.25) is 0 Å². The number of nitrogens with one attached hydrogen (secondary N) is 1. The van der Waals surface area contributed by atoms with E-state index in [-0.39, 0.29) is 11.6 Å². The van der Waals surface area contributed by atoms with Crippen LogP contribution >= 0.6 is 15.9 Å². The Morgan fingerprint density at radius 1 is 1.38 bits per heavy atom. The molecular formula is C15H25BrN4O. The Bertz CT molecular complexity index is 543. The van der Waals surface area contributed by atoms with Gasteiger partial charge in [0.05, 0.1) is 11.7 Å². The van der Waals surface area contributed by atoms with E-state index in [1.165, 1.54) is 0 Å². The Kier molecular flexibility index (Phi) is 5.57. The highest BCUT2D eigenvalue weighted by molar-refractivity contribution is 9.10. The average molecular weight is 357 g/mol. The zero-order chi connectivity index (χ0) is 15.6. The number of halogens is 1. The van der Waals surface area contributed by atoms with Crippen LogP contribution < -0.4 is 5.56 Å². The van der Waals surface area contributed by atoms with Crippen molar-refractivity contribution in [3.05, 3.63) is 26.3 Å². The lowest BCUT2D eigenvalue weighted by Gasteiger charge is -2.27. The van der Waals surface area contributed by atoms with Crippen LogP contribution in [-0.2, 0) is 6.42 Å². The lowest BCUT2D eigenvalue weighted by molar-refractivity contribution is 0.218. The number of aromatic nitrogens is 2. The van der Waals surface area contributed by atoms with Gasteiger partial charge >= 0.3 is 0 Å². The maximum absolute atomic E-state index is 12.2. The molecule has 0 amide bonds. The SMILES string of the molecule is CC(C)Cc1nc(C2CN(C)CCCN2C)[nH]c(=O)c1Br. The molecule has 0 radical (unpaired) electrons. The van der Waals surface area contributed by atoms with E-state index >= 15 is 0 Å². The van der Waals surface area contributed by atoms with Crippen LogP contribution in [0, 0.1) is 5.92 Å². The van der Waals surface area contributed by atoms with Crippen molar-refractivity contribution >= 4 is 15.9 Å². The molecule has 5 nitrogen and oxygen atoms in total. The highest BCUT2D eigenvalue weighted by Gasteiger charge is 2.25. The summed E-state index contributed by atoms with van der Waals surface area (Å²) in [7, 11) is 4.23. The molecule has 0 aromatic carbocycles. The summed E-state index contributed by atoms with van der Waals surface area (Å²) in [5.41, 5.74) is 0.792. The molecule has 0 saturated carbocycles. The highest BCUT2D eigenvalue weighted by atomic mass is 79.9. The van der Waals surface area contributed by atoms with Gasteiger partial charge in [0, 0.05) is 6.54 Å². The molecule has 118 valence electrons. The summed E-state index contributed by atoms with van der Waals surface area (Å²) >= 11 is 3.38. The predicted octanol–water partition coefficient (Wildman–Crippen LogP) is 2.04. The van der Waals surface area contributed by atoms with Crippen LogP contribution in [0.5, 0.6) is 0 Å². The molecule has 1 aliphatic rings.